The number of thiazole rings is 1. The van der Waals surface area contributed by atoms with Gasteiger partial charge in [-0.3, -0.25) is 9.59 Å². The van der Waals surface area contributed by atoms with Crippen molar-refractivity contribution < 1.29 is 9.59 Å². The Labute approximate surface area is 172 Å². The van der Waals surface area contributed by atoms with Crippen LogP contribution < -0.4 is 10.6 Å². The summed E-state index contributed by atoms with van der Waals surface area (Å²) in [7, 11) is 0. The smallest absolute Gasteiger partial charge is 0.251 e. The summed E-state index contributed by atoms with van der Waals surface area (Å²) in [6.45, 7) is 2.61. The number of hydrogen-bond acceptors (Lipinski definition) is 4. The van der Waals surface area contributed by atoms with Crippen LogP contribution in [0.4, 0.5) is 5.69 Å². The standard InChI is InChI=1S/C21H20ClN3O2S/c1-2-10-23-20(27)14-6-5-7-15(11-14)24-19(26)12-16-13-28-21(25-16)17-8-3-4-9-18(17)22/h3-9,11,13H,2,10,12H2,1H3,(H,23,27)(H,24,26). The van der Waals surface area contributed by atoms with Gasteiger partial charge in [0.2, 0.25) is 5.91 Å². The van der Waals surface area contributed by atoms with E-state index in [-0.39, 0.29) is 18.2 Å². The lowest BCUT2D eigenvalue weighted by atomic mass is 10.2. The maximum atomic E-state index is 12.4. The summed E-state index contributed by atoms with van der Waals surface area (Å²) in [6.07, 6.45) is 1.01. The molecule has 0 aliphatic rings. The first-order chi connectivity index (χ1) is 13.6. The van der Waals surface area contributed by atoms with Gasteiger partial charge in [-0.05, 0) is 30.7 Å². The predicted octanol–water partition coefficient (Wildman–Crippen LogP) is 4.78. The van der Waals surface area contributed by atoms with Gasteiger partial charge in [0, 0.05) is 28.7 Å². The second-order valence-corrected chi connectivity index (χ2v) is 7.45. The van der Waals surface area contributed by atoms with Gasteiger partial charge in [-0.15, -0.1) is 11.3 Å². The topological polar surface area (TPSA) is 71.1 Å². The summed E-state index contributed by atoms with van der Waals surface area (Å²) < 4.78 is 0. The first kappa shape index (κ1) is 20.0. The number of hydrogen-bond donors (Lipinski definition) is 2. The highest BCUT2D eigenvalue weighted by atomic mass is 35.5. The highest BCUT2D eigenvalue weighted by Crippen LogP contribution is 2.30. The molecule has 28 heavy (non-hydrogen) atoms. The SMILES string of the molecule is CCCNC(=O)c1cccc(NC(=O)Cc2csc(-c3ccccc3Cl)n2)c1. The molecular formula is C21H20ClN3O2S. The van der Waals surface area contributed by atoms with Crippen molar-refractivity contribution in [3.8, 4) is 10.6 Å². The molecule has 0 spiro atoms. The molecule has 0 aliphatic heterocycles. The minimum atomic E-state index is -0.192. The average molecular weight is 414 g/mol. The molecular weight excluding hydrogens is 394 g/mol. The van der Waals surface area contributed by atoms with Gasteiger partial charge in [-0.25, -0.2) is 4.98 Å². The number of nitrogens with zero attached hydrogens (tertiary/aromatic N) is 1. The molecule has 0 atom stereocenters. The molecule has 0 radical (unpaired) electrons. The third-order valence-electron chi connectivity index (χ3n) is 3.94. The Morgan fingerprint density at radius 2 is 1.96 bits per heavy atom. The van der Waals surface area contributed by atoms with Gasteiger partial charge < -0.3 is 10.6 Å². The number of amides is 2. The van der Waals surface area contributed by atoms with E-state index in [4.69, 9.17) is 11.6 Å². The normalized spacial score (nSPS) is 10.5. The molecule has 0 aliphatic carbocycles. The van der Waals surface area contributed by atoms with Crippen LogP contribution in [-0.2, 0) is 11.2 Å². The van der Waals surface area contributed by atoms with E-state index in [0.717, 1.165) is 17.0 Å². The summed E-state index contributed by atoms with van der Waals surface area (Å²) in [5.41, 5.74) is 2.62. The van der Waals surface area contributed by atoms with Crippen molar-refractivity contribution in [1.29, 1.82) is 0 Å². The van der Waals surface area contributed by atoms with E-state index in [9.17, 15) is 9.59 Å². The van der Waals surface area contributed by atoms with E-state index < -0.39 is 0 Å². The van der Waals surface area contributed by atoms with E-state index in [1.165, 1.54) is 11.3 Å². The lowest BCUT2D eigenvalue weighted by molar-refractivity contribution is -0.115. The summed E-state index contributed by atoms with van der Waals surface area (Å²) in [4.78, 5) is 28.9. The van der Waals surface area contributed by atoms with Crippen LogP contribution in [0.25, 0.3) is 10.6 Å². The zero-order valence-corrected chi connectivity index (χ0v) is 16.9. The van der Waals surface area contributed by atoms with Crippen molar-refractivity contribution in [2.24, 2.45) is 0 Å². The number of carbonyl (C=O) groups excluding carboxylic acids is 2. The molecule has 3 rings (SSSR count). The maximum absolute atomic E-state index is 12.4. The van der Waals surface area contributed by atoms with Crippen molar-refractivity contribution in [2.45, 2.75) is 19.8 Å². The lowest BCUT2D eigenvalue weighted by Crippen LogP contribution is -2.24. The fourth-order valence-corrected chi connectivity index (χ4v) is 3.73. The van der Waals surface area contributed by atoms with Crippen LogP contribution in [0.5, 0.6) is 0 Å². The molecule has 1 aromatic heterocycles. The van der Waals surface area contributed by atoms with Crippen molar-refractivity contribution in [2.75, 3.05) is 11.9 Å². The van der Waals surface area contributed by atoms with E-state index in [1.54, 1.807) is 24.3 Å². The van der Waals surface area contributed by atoms with Gasteiger partial charge in [0.15, 0.2) is 0 Å². The van der Waals surface area contributed by atoms with Crippen LogP contribution in [0.1, 0.15) is 29.4 Å². The Bertz CT molecular complexity index is 987. The second-order valence-electron chi connectivity index (χ2n) is 6.19. The zero-order chi connectivity index (χ0) is 19.9. The molecule has 0 saturated carbocycles. The van der Waals surface area contributed by atoms with Crippen LogP contribution in [0.2, 0.25) is 5.02 Å². The second kappa shape index (κ2) is 9.48. The molecule has 7 heteroatoms. The highest BCUT2D eigenvalue weighted by Gasteiger charge is 2.12. The van der Waals surface area contributed by atoms with E-state index >= 15 is 0 Å². The van der Waals surface area contributed by atoms with Crippen molar-refractivity contribution in [3.05, 3.63) is 70.2 Å². The fourth-order valence-electron chi connectivity index (χ4n) is 2.59. The number of nitrogens with one attached hydrogen (secondary N) is 2. The maximum Gasteiger partial charge on any atom is 0.251 e. The first-order valence-corrected chi connectivity index (χ1v) is 10.2. The third kappa shape index (κ3) is 5.18. The van der Waals surface area contributed by atoms with Crippen molar-refractivity contribution >= 4 is 40.4 Å². The molecule has 2 amide bonds. The van der Waals surface area contributed by atoms with Crippen molar-refractivity contribution in [3.63, 3.8) is 0 Å². The largest absolute Gasteiger partial charge is 0.352 e. The molecule has 0 fully saturated rings. The zero-order valence-electron chi connectivity index (χ0n) is 15.4. The van der Waals surface area contributed by atoms with Crippen LogP contribution in [0.15, 0.2) is 53.9 Å². The quantitative estimate of drug-likeness (QED) is 0.585. The van der Waals surface area contributed by atoms with Gasteiger partial charge >= 0.3 is 0 Å². The average Bonchev–Trinajstić information content (AvgIpc) is 3.14. The molecule has 5 nitrogen and oxygen atoms in total. The molecule has 0 bridgehead atoms. The molecule has 2 aromatic carbocycles. The number of anilines is 1. The van der Waals surface area contributed by atoms with E-state index in [1.807, 2.05) is 36.6 Å². The summed E-state index contributed by atoms with van der Waals surface area (Å²) >= 11 is 7.66. The fraction of sp³-hybridized carbons (Fsp3) is 0.190. The minimum Gasteiger partial charge on any atom is -0.352 e. The van der Waals surface area contributed by atoms with Gasteiger partial charge in [0.05, 0.1) is 17.1 Å². The summed E-state index contributed by atoms with van der Waals surface area (Å²) in [5.74, 6) is -0.344. The Hall–Kier alpha value is -2.70. The third-order valence-corrected chi connectivity index (χ3v) is 5.20. The molecule has 144 valence electrons. The van der Waals surface area contributed by atoms with Gasteiger partial charge in [-0.1, -0.05) is 42.8 Å². The van der Waals surface area contributed by atoms with E-state index in [0.29, 0.717) is 28.5 Å². The van der Waals surface area contributed by atoms with Crippen LogP contribution in [0, 0.1) is 0 Å². The van der Waals surface area contributed by atoms with E-state index in [2.05, 4.69) is 15.6 Å². The Morgan fingerprint density at radius 1 is 1.14 bits per heavy atom. The van der Waals surface area contributed by atoms with Gasteiger partial charge in [0.1, 0.15) is 5.01 Å². The molecule has 1 heterocycles. The minimum absolute atomic E-state index is 0.146. The van der Waals surface area contributed by atoms with Crippen molar-refractivity contribution in [1.82, 2.24) is 10.3 Å². The number of aromatic nitrogens is 1. The summed E-state index contributed by atoms with van der Waals surface area (Å²) in [6, 6.07) is 14.4. The first-order valence-electron chi connectivity index (χ1n) is 8.94. The van der Waals surface area contributed by atoms with Crippen LogP contribution >= 0.6 is 22.9 Å². The monoisotopic (exact) mass is 413 g/mol. The Morgan fingerprint density at radius 3 is 2.75 bits per heavy atom. The number of halogens is 1. The number of benzene rings is 2. The molecule has 3 aromatic rings. The highest BCUT2D eigenvalue weighted by molar-refractivity contribution is 7.13. The molecule has 0 unspecified atom stereocenters. The summed E-state index contributed by atoms with van der Waals surface area (Å²) in [5, 5.41) is 8.91. The lowest BCUT2D eigenvalue weighted by Gasteiger charge is -2.07. The molecule has 0 saturated heterocycles. The van der Waals surface area contributed by atoms with Crippen LogP contribution in [-0.4, -0.2) is 23.3 Å². The number of carbonyl (C=O) groups is 2. The van der Waals surface area contributed by atoms with Crippen LogP contribution in [0.3, 0.4) is 0 Å². The Kier molecular flexibility index (Phi) is 6.79. The molecule has 2 N–H and O–H groups in total. The van der Waals surface area contributed by atoms with Gasteiger partial charge in [0.25, 0.3) is 5.91 Å². The van der Waals surface area contributed by atoms with Gasteiger partial charge in [-0.2, -0.15) is 0 Å². The predicted molar refractivity (Wildman–Crippen MR) is 114 cm³/mol. The number of rotatable bonds is 7. The Balaban J connectivity index is 1.64.